The third-order valence-electron chi connectivity index (χ3n) is 4.72. The number of H-pyrrole nitrogens is 1. The summed E-state index contributed by atoms with van der Waals surface area (Å²) < 4.78 is 42.4. The number of nitrogens with one attached hydrogen (secondary N) is 1. The predicted octanol–water partition coefficient (Wildman–Crippen LogP) is 4.70. The van der Waals surface area contributed by atoms with Crippen molar-refractivity contribution in [1.82, 2.24) is 24.9 Å². The van der Waals surface area contributed by atoms with E-state index >= 15 is 0 Å². The van der Waals surface area contributed by atoms with Crippen LogP contribution in [-0.2, 0) is 23.1 Å². The molecule has 1 aromatic heterocycles. The van der Waals surface area contributed by atoms with Gasteiger partial charge in [0.15, 0.2) is 0 Å². The maximum Gasteiger partial charge on any atom is 0.243 e. The van der Waals surface area contributed by atoms with E-state index in [4.69, 9.17) is 23.2 Å². The summed E-state index contributed by atoms with van der Waals surface area (Å²) >= 11 is 11.9. The summed E-state index contributed by atoms with van der Waals surface area (Å²) in [6.45, 7) is -0.201. The van der Waals surface area contributed by atoms with Crippen molar-refractivity contribution in [2.45, 2.75) is 18.0 Å². The fourth-order valence-corrected chi connectivity index (χ4v) is 4.81. The van der Waals surface area contributed by atoms with Crippen molar-refractivity contribution in [3.63, 3.8) is 0 Å². The van der Waals surface area contributed by atoms with E-state index < -0.39 is 15.8 Å². The Morgan fingerprint density at radius 2 is 1.59 bits per heavy atom. The van der Waals surface area contributed by atoms with Crippen LogP contribution in [0.15, 0.2) is 71.6 Å². The minimum atomic E-state index is -3.97. The number of rotatable bonds is 7. The molecule has 3 aromatic carbocycles. The molecule has 0 amide bonds. The number of sulfonamides is 1. The fraction of sp³-hybridized carbons (Fsp3) is 0.0952. The normalized spacial score (nSPS) is 11.8. The van der Waals surface area contributed by atoms with E-state index in [0.717, 1.165) is 5.56 Å². The van der Waals surface area contributed by atoms with Crippen molar-refractivity contribution in [2.24, 2.45) is 0 Å². The topological polar surface area (TPSA) is 91.8 Å². The van der Waals surface area contributed by atoms with Crippen molar-refractivity contribution in [3.8, 4) is 11.4 Å². The Morgan fingerprint density at radius 1 is 0.906 bits per heavy atom. The first-order valence-corrected chi connectivity index (χ1v) is 11.5. The lowest BCUT2D eigenvalue weighted by molar-refractivity contribution is 0.394. The zero-order valence-corrected chi connectivity index (χ0v) is 18.7. The van der Waals surface area contributed by atoms with Gasteiger partial charge in [-0.3, -0.25) is 0 Å². The highest BCUT2D eigenvalue weighted by atomic mass is 35.5. The number of benzene rings is 3. The molecule has 1 heterocycles. The van der Waals surface area contributed by atoms with Gasteiger partial charge in [-0.1, -0.05) is 47.5 Å². The van der Waals surface area contributed by atoms with Gasteiger partial charge >= 0.3 is 0 Å². The molecular formula is C21H16Cl2FN5O2S. The Balaban J connectivity index is 1.68. The fourth-order valence-electron chi connectivity index (χ4n) is 3.08. The van der Waals surface area contributed by atoms with Crippen LogP contribution in [0.1, 0.15) is 11.1 Å². The minimum Gasteiger partial charge on any atom is -0.207 e. The molecule has 164 valence electrons. The Hall–Kier alpha value is -2.85. The van der Waals surface area contributed by atoms with Crippen LogP contribution in [0.5, 0.6) is 0 Å². The molecule has 0 spiro atoms. The van der Waals surface area contributed by atoms with Crippen molar-refractivity contribution in [2.75, 3.05) is 0 Å². The van der Waals surface area contributed by atoms with Crippen LogP contribution in [0.3, 0.4) is 0 Å². The minimum absolute atomic E-state index is 0.00341. The van der Waals surface area contributed by atoms with E-state index in [1.54, 1.807) is 24.3 Å². The molecule has 0 saturated carbocycles. The zero-order chi connectivity index (χ0) is 22.7. The highest BCUT2D eigenvalue weighted by molar-refractivity contribution is 7.89. The Morgan fingerprint density at radius 3 is 2.25 bits per heavy atom. The van der Waals surface area contributed by atoms with E-state index in [1.807, 2.05) is 0 Å². The Labute approximate surface area is 193 Å². The van der Waals surface area contributed by atoms with E-state index in [-0.39, 0.29) is 23.5 Å². The monoisotopic (exact) mass is 491 g/mol. The molecule has 0 aliphatic rings. The molecule has 0 aliphatic heterocycles. The van der Waals surface area contributed by atoms with Crippen LogP contribution in [0, 0.1) is 5.82 Å². The first-order chi connectivity index (χ1) is 15.3. The van der Waals surface area contributed by atoms with Gasteiger partial charge in [-0.2, -0.15) is 9.52 Å². The van der Waals surface area contributed by atoms with Crippen molar-refractivity contribution in [3.05, 3.63) is 93.7 Å². The zero-order valence-electron chi connectivity index (χ0n) is 16.4. The molecule has 11 heteroatoms. The molecule has 1 N–H and O–H groups in total. The second-order valence-electron chi connectivity index (χ2n) is 6.90. The van der Waals surface area contributed by atoms with Crippen LogP contribution in [0.4, 0.5) is 4.39 Å². The lowest BCUT2D eigenvalue weighted by Crippen LogP contribution is -2.30. The van der Waals surface area contributed by atoms with Crippen LogP contribution in [0.25, 0.3) is 11.4 Å². The number of hydrogen-bond acceptors (Lipinski definition) is 5. The first-order valence-electron chi connectivity index (χ1n) is 9.35. The number of tetrazole rings is 1. The first kappa shape index (κ1) is 22.3. The summed E-state index contributed by atoms with van der Waals surface area (Å²) in [5, 5.41) is 14.5. The van der Waals surface area contributed by atoms with Crippen LogP contribution in [-0.4, -0.2) is 33.3 Å². The molecule has 0 aliphatic carbocycles. The van der Waals surface area contributed by atoms with Gasteiger partial charge < -0.3 is 0 Å². The lowest BCUT2D eigenvalue weighted by Gasteiger charge is -2.23. The lowest BCUT2D eigenvalue weighted by atomic mass is 10.1. The second-order valence-corrected chi connectivity index (χ2v) is 9.71. The highest BCUT2D eigenvalue weighted by Crippen LogP contribution is 2.25. The molecule has 0 radical (unpaired) electrons. The number of halogens is 3. The molecule has 0 fully saturated rings. The summed E-state index contributed by atoms with van der Waals surface area (Å²) in [5.41, 5.74) is 1.58. The number of aromatic amines is 1. The van der Waals surface area contributed by atoms with Crippen LogP contribution >= 0.6 is 23.2 Å². The van der Waals surface area contributed by atoms with Gasteiger partial charge in [0.05, 0.1) is 4.90 Å². The number of hydrogen-bond donors (Lipinski definition) is 1. The number of aromatic nitrogens is 4. The summed E-state index contributed by atoms with van der Waals surface area (Å²) in [4.78, 5) is 0.0488. The van der Waals surface area contributed by atoms with E-state index in [0.29, 0.717) is 21.4 Å². The van der Waals surface area contributed by atoms with Crippen molar-refractivity contribution in [1.29, 1.82) is 0 Å². The summed E-state index contributed by atoms with van der Waals surface area (Å²) in [5.74, 6) is -0.124. The molecule has 4 aromatic rings. The number of nitrogens with zero attached hydrogens (tertiary/aromatic N) is 4. The molecular weight excluding hydrogens is 476 g/mol. The third-order valence-corrected chi connectivity index (χ3v) is 7.02. The van der Waals surface area contributed by atoms with Crippen LogP contribution in [0.2, 0.25) is 10.0 Å². The SMILES string of the molecule is O=S(=O)(c1ccc(Cl)cc1)N(Cc1ccc(-c2nn[nH]n2)cc1)Cc1cc(Cl)ccc1F. The van der Waals surface area contributed by atoms with Crippen molar-refractivity contribution < 1.29 is 12.8 Å². The molecule has 0 unspecified atom stereocenters. The van der Waals surface area contributed by atoms with Crippen molar-refractivity contribution >= 4 is 33.2 Å². The average Bonchev–Trinajstić information content (AvgIpc) is 3.31. The van der Waals surface area contributed by atoms with Gasteiger partial charge in [-0.15, -0.1) is 10.2 Å². The molecule has 0 atom stereocenters. The summed E-state index contributed by atoms with van der Waals surface area (Å²) in [6.07, 6.45) is 0. The average molecular weight is 492 g/mol. The molecule has 0 saturated heterocycles. The molecule has 0 bridgehead atoms. The Kier molecular flexibility index (Phi) is 6.52. The maximum atomic E-state index is 14.4. The van der Waals surface area contributed by atoms with Gasteiger partial charge in [0.25, 0.3) is 0 Å². The molecule has 4 rings (SSSR count). The summed E-state index contributed by atoms with van der Waals surface area (Å²) in [7, 11) is -3.97. The quantitative estimate of drug-likeness (QED) is 0.404. The van der Waals surface area contributed by atoms with Gasteiger partial charge in [0, 0.05) is 34.3 Å². The largest absolute Gasteiger partial charge is 0.243 e. The second kappa shape index (κ2) is 9.33. The maximum absolute atomic E-state index is 14.4. The van der Waals surface area contributed by atoms with Gasteiger partial charge in [-0.05, 0) is 53.2 Å². The van der Waals surface area contributed by atoms with Crippen LogP contribution < -0.4 is 0 Å². The Bertz CT molecular complexity index is 1320. The summed E-state index contributed by atoms with van der Waals surface area (Å²) in [6, 6.07) is 16.9. The van der Waals surface area contributed by atoms with Gasteiger partial charge in [0.1, 0.15) is 5.82 Å². The smallest absolute Gasteiger partial charge is 0.207 e. The predicted molar refractivity (Wildman–Crippen MR) is 119 cm³/mol. The third kappa shape index (κ3) is 4.97. The molecule has 7 nitrogen and oxygen atoms in total. The van der Waals surface area contributed by atoms with E-state index in [9.17, 15) is 12.8 Å². The van der Waals surface area contributed by atoms with Gasteiger partial charge in [0.2, 0.25) is 15.8 Å². The van der Waals surface area contributed by atoms with E-state index in [2.05, 4.69) is 20.6 Å². The highest BCUT2D eigenvalue weighted by Gasteiger charge is 2.26. The molecule has 32 heavy (non-hydrogen) atoms. The standard InChI is InChI=1S/C21H16Cl2FN5O2S/c22-17-5-8-19(9-6-17)32(30,31)29(13-16-11-18(23)7-10-20(16)24)12-14-1-3-15(4-2-14)21-25-27-28-26-21/h1-11H,12-13H2,(H,25,26,27,28). The van der Waals surface area contributed by atoms with E-state index in [1.165, 1.54) is 46.8 Å². The van der Waals surface area contributed by atoms with Gasteiger partial charge in [-0.25, -0.2) is 12.8 Å².